The van der Waals surface area contributed by atoms with Crippen LogP contribution in [0.1, 0.15) is 33.1 Å². The molecule has 0 aliphatic heterocycles. The van der Waals surface area contributed by atoms with E-state index in [1.807, 2.05) is 0 Å². The zero-order chi connectivity index (χ0) is 13.5. The van der Waals surface area contributed by atoms with Crippen LogP contribution in [0, 0.1) is 5.92 Å². The van der Waals surface area contributed by atoms with Crippen LogP contribution in [0.3, 0.4) is 0 Å². The van der Waals surface area contributed by atoms with Crippen LogP contribution >= 0.6 is 0 Å². The van der Waals surface area contributed by atoms with Gasteiger partial charge in [0.1, 0.15) is 6.04 Å². The Balaban J connectivity index is 2.49. The summed E-state index contributed by atoms with van der Waals surface area (Å²) < 4.78 is 4.72. The minimum Gasteiger partial charge on any atom is -0.467 e. The van der Waals surface area contributed by atoms with Crippen molar-refractivity contribution in [1.29, 1.82) is 0 Å². The van der Waals surface area contributed by atoms with E-state index >= 15 is 0 Å². The SMILES string of the molecule is CCN(CC1CCC1)CC(NC(C)=O)C(=O)OC. The number of carbonyl (C=O) groups is 2. The monoisotopic (exact) mass is 256 g/mol. The number of likely N-dealkylation sites (N-methyl/N-ethyl adjacent to an activating group) is 1. The molecule has 0 radical (unpaired) electrons. The van der Waals surface area contributed by atoms with Crippen molar-refractivity contribution < 1.29 is 14.3 Å². The minimum atomic E-state index is -0.562. The fraction of sp³-hybridized carbons (Fsp3) is 0.846. The summed E-state index contributed by atoms with van der Waals surface area (Å²) in [5, 5.41) is 2.65. The van der Waals surface area contributed by atoms with Gasteiger partial charge in [0.15, 0.2) is 0 Å². The predicted molar refractivity (Wildman–Crippen MR) is 69.1 cm³/mol. The Hall–Kier alpha value is -1.10. The fourth-order valence-electron chi connectivity index (χ4n) is 2.20. The Bertz CT molecular complexity index is 290. The summed E-state index contributed by atoms with van der Waals surface area (Å²) in [7, 11) is 1.35. The lowest BCUT2D eigenvalue weighted by Gasteiger charge is -2.33. The van der Waals surface area contributed by atoms with Gasteiger partial charge >= 0.3 is 5.97 Å². The Morgan fingerprint density at radius 1 is 1.44 bits per heavy atom. The molecule has 5 heteroatoms. The summed E-state index contributed by atoms with van der Waals surface area (Å²) in [5.74, 6) is 0.169. The van der Waals surface area contributed by atoms with E-state index in [1.54, 1.807) is 0 Å². The maximum Gasteiger partial charge on any atom is 0.329 e. The topological polar surface area (TPSA) is 58.6 Å². The highest BCUT2D eigenvalue weighted by Crippen LogP contribution is 2.27. The Morgan fingerprint density at radius 2 is 2.11 bits per heavy atom. The fourth-order valence-corrected chi connectivity index (χ4v) is 2.20. The molecular weight excluding hydrogens is 232 g/mol. The summed E-state index contributed by atoms with van der Waals surface area (Å²) in [5.41, 5.74) is 0. The first-order valence-corrected chi connectivity index (χ1v) is 6.64. The molecule has 0 heterocycles. The largest absolute Gasteiger partial charge is 0.467 e. The summed E-state index contributed by atoms with van der Waals surface area (Å²) in [6.07, 6.45) is 3.87. The number of amides is 1. The van der Waals surface area contributed by atoms with Gasteiger partial charge in [0.05, 0.1) is 7.11 Å². The molecule has 0 spiro atoms. The normalized spacial score (nSPS) is 17.1. The second kappa shape index (κ2) is 7.36. The lowest BCUT2D eigenvalue weighted by molar-refractivity contribution is -0.145. The van der Waals surface area contributed by atoms with Gasteiger partial charge < -0.3 is 15.0 Å². The third-order valence-electron chi connectivity index (χ3n) is 3.49. The van der Waals surface area contributed by atoms with E-state index in [0.29, 0.717) is 6.54 Å². The van der Waals surface area contributed by atoms with Gasteiger partial charge in [-0.1, -0.05) is 13.3 Å². The van der Waals surface area contributed by atoms with Gasteiger partial charge in [0, 0.05) is 20.0 Å². The molecule has 0 bridgehead atoms. The van der Waals surface area contributed by atoms with Crippen LogP contribution in [0.5, 0.6) is 0 Å². The lowest BCUT2D eigenvalue weighted by atomic mass is 9.85. The van der Waals surface area contributed by atoms with E-state index in [4.69, 9.17) is 4.74 Å². The molecule has 1 amide bonds. The maximum atomic E-state index is 11.6. The Labute approximate surface area is 109 Å². The highest BCUT2D eigenvalue weighted by Gasteiger charge is 2.25. The molecule has 1 N–H and O–H groups in total. The van der Waals surface area contributed by atoms with E-state index in [0.717, 1.165) is 19.0 Å². The van der Waals surface area contributed by atoms with Gasteiger partial charge in [-0.25, -0.2) is 4.79 Å². The van der Waals surface area contributed by atoms with Crippen molar-refractivity contribution in [3.8, 4) is 0 Å². The number of nitrogens with one attached hydrogen (secondary N) is 1. The molecule has 0 saturated heterocycles. The molecular formula is C13H24N2O3. The van der Waals surface area contributed by atoms with Crippen LogP contribution in [0.2, 0.25) is 0 Å². The number of hydrogen-bond acceptors (Lipinski definition) is 4. The third kappa shape index (κ3) is 4.64. The number of esters is 1. The van der Waals surface area contributed by atoms with Gasteiger partial charge in [0.25, 0.3) is 0 Å². The van der Waals surface area contributed by atoms with Gasteiger partial charge in [-0.2, -0.15) is 0 Å². The van der Waals surface area contributed by atoms with Crippen molar-refractivity contribution in [3.05, 3.63) is 0 Å². The highest BCUT2D eigenvalue weighted by molar-refractivity contribution is 5.83. The summed E-state index contributed by atoms with van der Waals surface area (Å²) in [6.45, 7) is 5.89. The predicted octanol–water partition coefficient (Wildman–Crippen LogP) is 0.786. The summed E-state index contributed by atoms with van der Waals surface area (Å²) in [6, 6.07) is -0.562. The van der Waals surface area contributed by atoms with Crippen LogP contribution in [0.4, 0.5) is 0 Å². The number of nitrogens with zero attached hydrogens (tertiary/aromatic N) is 1. The minimum absolute atomic E-state index is 0.204. The van der Waals surface area contributed by atoms with Crippen LogP contribution in [-0.2, 0) is 14.3 Å². The molecule has 1 rings (SSSR count). The van der Waals surface area contributed by atoms with Gasteiger partial charge in [-0.3, -0.25) is 4.79 Å². The standard InChI is InChI=1S/C13H24N2O3/c1-4-15(8-11-6-5-7-11)9-12(13(17)18-3)14-10(2)16/h11-12H,4-9H2,1-3H3,(H,14,16). The lowest BCUT2D eigenvalue weighted by Crippen LogP contribution is -2.49. The van der Waals surface area contributed by atoms with Crippen LogP contribution in [-0.4, -0.2) is 49.6 Å². The molecule has 0 aromatic rings. The molecule has 1 unspecified atom stereocenters. The summed E-state index contributed by atoms with van der Waals surface area (Å²) in [4.78, 5) is 24.9. The zero-order valence-corrected chi connectivity index (χ0v) is 11.6. The zero-order valence-electron chi connectivity index (χ0n) is 11.6. The van der Waals surface area contributed by atoms with Crippen LogP contribution < -0.4 is 5.32 Å². The Kier molecular flexibility index (Phi) is 6.12. The number of carbonyl (C=O) groups excluding carboxylic acids is 2. The number of hydrogen-bond donors (Lipinski definition) is 1. The smallest absolute Gasteiger partial charge is 0.329 e. The van der Waals surface area contributed by atoms with Crippen molar-refractivity contribution in [1.82, 2.24) is 10.2 Å². The van der Waals surface area contributed by atoms with Gasteiger partial charge in [0.2, 0.25) is 5.91 Å². The van der Waals surface area contributed by atoms with Crippen LogP contribution in [0.25, 0.3) is 0 Å². The van der Waals surface area contributed by atoms with E-state index in [2.05, 4.69) is 17.1 Å². The molecule has 1 atom stereocenters. The van der Waals surface area contributed by atoms with E-state index in [9.17, 15) is 9.59 Å². The molecule has 104 valence electrons. The van der Waals surface area contributed by atoms with E-state index in [-0.39, 0.29) is 11.9 Å². The van der Waals surface area contributed by atoms with Crippen molar-refractivity contribution in [3.63, 3.8) is 0 Å². The van der Waals surface area contributed by atoms with E-state index in [1.165, 1.54) is 33.3 Å². The highest BCUT2D eigenvalue weighted by atomic mass is 16.5. The molecule has 1 aliphatic carbocycles. The average molecular weight is 256 g/mol. The first kappa shape index (κ1) is 15.0. The second-order valence-corrected chi connectivity index (χ2v) is 4.93. The Morgan fingerprint density at radius 3 is 2.50 bits per heavy atom. The maximum absolute atomic E-state index is 11.6. The van der Waals surface area contributed by atoms with Crippen molar-refractivity contribution in [2.45, 2.75) is 39.2 Å². The van der Waals surface area contributed by atoms with Crippen LogP contribution in [0.15, 0.2) is 0 Å². The average Bonchev–Trinajstić information content (AvgIpc) is 2.29. The molecule has 1 aliphatic rings. The van der Waals surface area contributed by atoms with Crippen molar-refractivity contribution >= 4 is 11.9 Å². The number of methoxy groups -OCH3 is 1. The van der Waals surface area contributed by atoms with Crippen molar-refractivity contribution in [2.24, 2.45) is 5.92 Å². The van der Waals surface area contributed by atoms with Gasteiger partial charge in [-0.05, 0) is 25.3 Å². The molecule has 0 aromatic carbocycles. The quantitative estimate of drug-likeness (QED) is 0.684. The van der Waals surface area contributed by atoms with Gasteiger partial charge in [-0.15, -0.1) is 0 Å². The molecule has 18 heavy (non-hydrogen) atoms. The molecule has 0 aromatic heterocycles. The molecule has 1 saturated carbocycles. The third-order valence-corrected chi connectivity index (χ3v) is 3.49. The molecule has 1 fully saturated rings. The number of ether oxygens (including phenoxy) is 1. The first-order valence-electron chi connectivity index (χ1n) is 6.64. The van der Waals surface area contributed by atoms with E-state index < -0.39 is 6.04 Å². The molecule has 5 nitrogen and oxygen atoms in total. The summed E-state index contributed by atoms with van der Waals surface area (Å²) >= 11 is 0. The first-order chi connectivity index (χ1) is 8.56. The number of rotatable bonds is 7. The van der Waals surface area contributed by atoms with Crippen molar-refractivity contribution in [2.75, 3.05) is 26.7 Å². The second-order valence-electron chi connectivity index (χ2n) is 4.93.